The van der Waals surface area contributed by atoms with Crippen molar-refractivity contribution in [2.75, 3.05) is 19.8 Å². The second-order valence-electron chi connectivity index (χ2n) is 20.0. The van der Waals surface area contributed by atoms with E-state index in [1.165, 1.54) is 128 Å². The summed E-state index contributed by atoms with van der Waals surface area (Å²) in [7, 11) is 0. The molecule has 408 valence electrons. The molecule has 0 aromatic heterocycles. The molecule has 11 heteroatoms. The van der Waals surface area contributed by atoms with Crippen LogP contribution in [0.1, 0.15) is 251 Å². The standard InChI is InChI=1S/C59H107NO10/c1-3-5-7-9-11-13-14-15-16-21-24-27-31-35-39-43-47-55(64)68-48-44-40-36-32-28-25-22-19-17-18-20-23-26-30-34-38-42-46-54(63)60-51(52(62)45-41-37-33-29-12-10-8-6-4-2)50-69-59-58(67)57(66)56(65)53(49-61)70-59/h13-14,16-17,19,21,41,45,51-53,56-59,61-62,65-67H,3-12,15,18,20,22-40,42-44,46-50H2,1-2H3,(H,60,63)/b14-13-,19-17-,21-16-,45-41+. The molecule has 1 saturated heterocycles. The maximum Gasteiger partial charge on any atom is 0.305 e. The fourth-order valence-corrected chi connectivity index (χ4v) is 8.75. The lowest BCUT2D eigenvalue weighted by Gasteiger charge is -2.40. The number of amides is 1. The van der Waals surface area contributed by atoms with Gasteiger partial charge in [0, 0.05) is 12.8 Å². The van der Waals surface area contributed by atoms with Gasteiger partial charge in [-0.3, -0.25) is 9.59 Å². The van der Waals surface area contributed by atoms with Gasteiger partial charge in [-0.2, -0.15) is 0 Å². The first-order valence-electron chi connectivity index (χ1n) is 28.9. The fourth-order valence-electron chi connectivity index (χ4n) is 8.75. The van der Waals surface area contributed by atoms with Crippen LogP contribution >= 0.6 is 0 Å². The number of aliphatic hydroxyl groups excluding tert-OH is 5. The number of carbonyl (C=O) groups excluding carboxylic acids is 2. The normalized spacial score (nSPS) is 19.6. The van der Waals surface area contributed by atoms with Crippen LogP contribution in [0, 0.1) is 0 Å². The number of hydrogen-bond donors (Lipinski definition) is 6. The van der Waals surface area contributed by atoms with Crippen molar-refractivity contribution >= 4 is 11.9 Å². The minimum absolute atomic E-state index is 0.0329. The summed E-state index contributed by atoms with van der Waals surface area (Å²) in [5.74, 6) is -0.230. The predicted molar refractivity (Wildman–Crippen MR) is 287 cm³/mol. The number of unbranched alkanes of at least 4 members (excludes halogenated alkanes) is 29. The fraction of sp³-hybridized carbons (Fsp3) is 0.831. The van der Waals surface area contributed by atoms with Crippen molar-refractivity contribution in [3.8, 4) is 0 Å². The predicted octanol–water partition coefficient (Wildman–Crippen LogP) is 12.9. The molecule has 1 rings (SSSR count). The van der Waals surface area contributed by atoms with E-state index in [4.69, 9.17) is 14.2 Å². The van der Waals surface area contributed by atoms with Gasteiger partial charge in [0.15, 0.2) is 6.29 Å². The number of esters is 1. The number of aliphatic hydroxyl groups is 5. The Hall–Kier alpha value is -2.38. The Morgan fingerprint density at radius 3 is 1.47 bits per heavy atom. The van der Waals surface area contributed by atoms with Crippen molar-refractivity contribution in [3.63, 3.8) is 0 Å². The Kier molecular flexibility index (Phi) is 45.8. The molecule has 6 N–H and O–H groups in total. The first-order chi connectivity index (χ1) is 34.2. The molecule has 7 atom stereocenters. The van der Waals surface area contributed by atoms with Gasteiger partial charge < -0.3 is 45.1 Å². The summed E-state index contributed by atoms with van der Waals surface area (Å²) < 4.78 is 16.7. The summed E-state index contributed by atoms with van der Waals surface area (Å²) >= 11 is 0. The van der Waals surface area contributed by atoms with E-state index in [9.17, 15) is 35.1 Å². The number of nitrogens with one attached hydrogen (secondary N) is 1. The highest BCUT2D eigenvalue weighted by Crippen LogP contribution is 2.23. The second kappa shape index (κ2) is 48.9. The number of allylic oxidation sites excluding steroid dienone is 7. The first kappa shape index (κ1) is 65.6. The Morgan fingerprint density at radius 2 is 0.957 bits per heavy atom. The Labute approximate surface area is 427 Å². The lowest BCUT2D eigenvalue weighted by atomic mass is 9.99. The summed E-state index contributed by atoms with van der Waals surface area (Å²) in [5, 5.41) is 54.2. The summed E-state index contributed by atoms with van der Waals surface area (Å²) in [6, 6.07) is -0.819. The average molecular weight is 991 g/mol. The van der Waals surface area contributed by atoms with Gasteiger partial charge in [-0.15, -0.1) is 0 Å². The Bertz CT molecular complexity index is 1300. The van der Waals surface area contributed by atoms with Gasteiger partial charge in [0.1, 0.15) is 24.4 Å². The van der Waals surface area contributed by atoms with Crippen LogP contribution < -0.4 is 5.32 Å². The van der Waals surface area contributed by atoms with Crippen molar-refractivity contribution in [1.29, 1.82) is 0 Å². The second-order valence-corrected chi connectivity index (χ2v) is 20.0. The van der Waals surface area contributed by atoms with Crippen LogP contribution in [-0.4, -0.2) is 100 Å². The van der Waals surface area contributed by atoms with Crippen LogP contribution in [0.2, 0.25) is 0 Å². The number of hydrogen-bond acceptors (Lipinski definition) is 10. The highest BCUT2D eigenvalue weighted by atomic mass is 16.7. The molecule has 1 amide bonds. The van der Waals surface area contributed by atoms with Gasteiger partial charge in [0.2, 0.25) is 5.91 Å². The largest absolute Gasteiger partial charge is 0.466 e. The Morgan fingerprint density at radius 1 is 0.529 bits per heavy atom. The third kappa shape index (κ3) is 38.3. The SMILES string of the molecule is CCCCCC/C=C\C/C=C\CCCCCCCC(=O)OCCCCCCCC/C=C\CCCCCCCCCC(=O)NC(COC1OC(CO)C(O)C(O)C1O)C(O)/C=C/CCCCCCCCC. The third-order valence-corrected chi connectivity index (χ3v) is 13.4. The molecule has 1 aliphatic heterocycles. The van der Waals surface area contributed by atoms with Crippen molar-refractivity contribution in [2.24, 2.45) is 0 Å². The van der Waals surface area contributed by atoms with Crippen molar-refractivity contribution < 1.29 is 49.3 Å². The summed E-state index contributed by atoms with van der Waals surface area (Å²) in [5.41, 5.74) is 0. The zero-order chi connectivity index (χ0) is 51.0. The van der Waals surface area contributed by atoms with E-state index in [1.807, 2.05) is 6.08 Å². The van der Waals surface area contributed by atoms with Crippen molar-refractivity contribution in [2.45, 2.75) is 294 Å². The zero-order valence-electron chi connectivity index (χ0n) is 44.7. The minimum Gasteiger partial charge on any atom is -0.466 e. The molecule has 0 spiro atoms. The molecule has 1 aliphatic rings. The molecule has 0 aliphatic carbocycles. The molecule has 0 bridgehead atoms. The van der Waals surface area contributed by atoms with Crippen LogP contribution in [-0.2, 0) is 23.8 Å². The van der Waals surface area contributed by atoms with Gasteiger partial charge in [-0.25, -0.2) is 0 Å². The molecule has 0 aromatic rings. The highest BCUT2D eigenvalue weighted by Gasteiger charge is 2.44. The topological polar surface area (TPSA) is 175 Å². The molecule has 11 nitrogen and oxygen atoms in total. The third-order valence-electron chi connectivity index (χ3n) is 13.4. The molecule has 1 heterocycles. The maximum atomic E-state index is 13.0. The summed E-state index contributed by atoms with van der Waals surface area (Å²) in [4.78, 5) is 25.0. The quantitative estimate of drug-likeness (QED) is 0.0196. The molecule has 0 radical (unpaired) electrons. The smallest absolute Gasteiger partial charge is 0.305 e. The van der Waals surface area contributed by atoms with E-state index in [0.29, 0.717) is 19.4 Å². The number of ether oxygens (including phenoxy) is 3. The van der Waals surface area contributed by atoms with E-state index in [-0.39, 0.29) is 18.5 Å². The van der Waals surface area contributed by atoms with Crippen molar-refractivity contribution in [3.05, 3.63) is 48.6 Å². The number of rotatable bonds is 49. The molecule has 70 heavy (non-hydrogen) atoms. The zero-order valence-corrected chi connectivity index (χ0v) is 44.7. The van der Waals surface area contributed by atoms with E-state index in [1.54, 1.807) is 6.08 Å². The minimum atomic E-state index is -1.58. The van der Waals surface area contributed by atoms with Gasteiger partial charge >= 0.3 is 5.97 Å². The van der Waals surface area contributed by atoms with Crippen LogP contribution in [0.25, 0.3) is 0 Å². The molecule has 0 aromatic carbocycles. The first-order valence-corrected chi connectivity index (χ1v) is 28.9. The lowest BCUT2D eigenvalue weighted by Crippen LogP contribution is -2.60. The van der Waals surface area contributed by atoms with Gasteiger partial charge in [0.05, 0.1) is 32.0 Å². The summed E-state index contributed by atoms with van der Waals surface area (Å²) in [6.45, 7) is 4.25. The van der Waals surface area contributed by atoms with Crippen LogP contribution in [0.5, 0.6) is 0 Å². The van der Waals surface area contributed by atoms with Gasteiger partial charge in [-0.1, -0.05) is 197 Å². The molecule has 7 unspecified atom stereocenters. The lowest BCUT2D eigenvalue weighted by molar-refractivity contribution is -0.302. The maximum absolute atomic E-state index is 13.0. The Balaban J connectivity index is 2.06. The summed E-state index contributed by atoms with van der Waals surface area (Å²) in [6.07, 6.45) is 50.6. The molecular weight excluding hydrogens is 883 g/mol. The molecule has 1 fully saturated rings. The average Bonchev–Trinajstić information content (AvgIpc) is 3.36. The van der Waals surface area contributed by atoms with Crippen molar-refractivity contribution in [1.82, 2.24) is 5.32 Å². The van der Waals surface area contributed by atoms with E-state index >= 15 is 0 Å². The van der Waals surface area contributed by atoms with E-state index in [0.717, 1.165) is 96.3 Å². The van der Waals surface area contributed by atoms with Gasteiger partial charge in [-0.05, 0) is 89.9 Å². The molecule has 0 saturated carbocycles. The van der Waals surface area contributed by atoms with E-state index < -0.39 is 49.5 Å². The highest BCUT2D eigenvalue weighted by molar-refractivity contribution is 5.76. The number of carbonyl (C=O) groups is 2. The van der Waals surface area contributed by atoms with Crippen LogP contribution in [0.3, 0.4) is 0 Å². The van der Waals surface area contributed by atoms with Gasteiger partial charge in [0.25, 0.3) is 0 Å². The monoisotopic (exact) mass is 990 g/mol. The van der Waals surface area contributed by atoms with Crippen LogP contribution in [0.4, 0.5) is 0 Å². The molecular formula is C59H107NO10. The van der Waals surface area contributed by atoms with E-state index in [2.05, 4.69) is 55.6 Å². The van der Waals surface area contributed by atoms with Crippen LogP contribution in [0.15, 0.2) is 48.6 Å².